The lowest BCUT2D eigenvalue weighted by Crippen LogP contribution is -2.56. The predicted octanol–water partition coefficient (Wildman–Crippen LogP) is 0.495. The van der Waals surface area contributed by atoms with Crippen LogP contribution >= 0.6 is 0 Å². The van der Waals surface area contributed by atoms with E-state index in [1.807, 2.05) is 0 Å². The van der Waals surface area contributed by atoms with Gasteiger partial charge in [0.15, 0.2) is 9.84 Å². The largest absolute Gasteiger partial charge is 0.300 e. The van der Waals surface area contributed by atoms with Crippen molar-refractivity contribution in [2.75, 3.05) is 44.4 Å². The molecule has 23 heavy (non-hydrogen) atoms. The molecule has 0 spiro atoms. The fourth-order valence-electron chi connectivity index (χ4n) is 2.73. The first-order valence-corrected chi connectivity index (χ1v) is 12.2. The molecule has 6 nitrogen and oxygen atoms in total. The van der Waals surface area contributed by atoms with E-state index in [4.69, 9.17) is 0 Å². The molecule has 0 aromatic rings. The second kappa shape index (κ2) is 7.80. The van der Waals surface area contributed by atoms with Crippen molar-refractivity contribution < 1.29 is 16.8 Å². The highest BCUT2D eigenvalue weighted by molar-refractivity contribution is 7.91. The average molecular weight is 369 g/mol. The van der Waals surface area contributed by atoms with E-state index < -0.39 is 19.7 Å². The zero-order chi connectivity index (χ0) is 18.0. The topological polar surface area (TPSA) is 74.8 Å². The van der Waals surface area contributed by atoms with Gasteiger partial charge in [-0.25, -0.2) is 16.8 Å². The molecular formula is C15H32N2O4S2. The van der Waals surface area contributed by atoms with Crippen LogP contribution in [0.3, 0.4) is 0 Å². The van der Waals surface area contributed by atoms with E-state index in [2.05, 4.69) is 37.5 Å². The third-order valence-corrected chi connectivity index (χ3v) is 7.05. The summed E-state index contributed by atoms with van der Waals surface area (Å²) < 4.78 is 43.7. The lowest BCUT2D eigenvalue weighted by Gasteiger charge is -2.41. The Morgan fingerprint density at radius 3 is 1.52 bits per heavy atom. The summed E-state index contributed by atoms with van der Waals surface area (Å²) in [6, 6.07) is 1.04. The molecule has 2 fully saturated rings. The standard InChI is InChI=1S/C8H17NO2S.C7H15NO2S/c1-7(2)9-4-8(5-9)6-12(3,10)11;1-6(2)8-4-7(5-8)11(3,9)10/h7-8H,4-6H2,1-3H3;6-7H,4-5H2,1-3H3. The molecule has 0 atom stereocenters. The molecule has 0 bridgehead atoms. The molecule has 2 rings (SSSR count). The van der Waals surface area contributed by atoms with Gasteiger partial charge < -0.3 is 4.90 Å². The van der Waals surface area contributed by atoms with Crippen molar-refractivity contribution in [3.63, 3.8) is 0 Å². The molecule has 2 heterocycles. The van der Waals surface area contributed by atoms with Gasteiger partial charge in [-0.05, 0) is 33.6 Å². The fourth-order valence-corrected chi connectivity index (χ4v) is 4.72. The van der Waals surface area contributed by atoms with Gasteiger partial charge in [0.05, 0.1) is 11.0 Å². The molecule has 0 aliphatic carbocycles. The highest BCUT2D eigenvalue weighted by Gasteiger charge is 2.35. The first-order chi connectivity index (χ1) is 10.3. The molecule has 2 aliphatic rings. The predicted molar refractivity (Wildman–Crippen MR) is 95.3 cm³/mol. The molecule has 2 aliphatic heterocycles. The van der Waals surface area contributed by atoms with Gasteiger partial charge in [0.1, 0.15) is 9.84 Å². The molecule has 0 unspecified atom stereocenters. The van der Waals surface area contributed by atoms with Gasteiger partial charge in [0, 0.05) is 50.8 Å². The summed E-state index contributed by atoms with van der Waals surface area (Å²) in [5.41, 5.74) is 0. The van der Waals surface area contributed by atoms with Crippen LogP contribution in [-0.2, 0) is 19.7 Å². The van der Waals surface area contributed by atoms with Crippen LogP contribution in [0.1, 0.15) is 27.7 Å². The normalized spacial score (nSPS) is 21.7. The van der Waals surface area contributed by atoms with Gasteiger partial charge in [-0.2, -0.15) is 0 Å². The summed E-state index contributed by atoms with van der Waals surface area (Å²) in [6.07, 6.45) is 2.63. The Morgan fingerprint density at radius 2 is 1.22 bits per heavy atom. The van der Waals surface area contributed by atoms with Gasteiger partial charge in [-0.1, -0.05) is 0 Å². The third-order valence-electron chi connectivity index (χ3n) is 4.47. The minimum Gasteiger partial charge on any atom is -0.300 e. The Morgan fingerprint density at radius 1 is 0.826 bits per heavy atom. The van der Waals surface area contributed by atoms with Gasteiger partial charge >= 0.3 is 0 Å². The summed E-state index contributed by atoms with van der Waals surface area (Å²) in [5.74, 6) is 0.735. The minimum atomic E-state index is -2.77. The van der Waals surface area contributed by atoms with E-state index in [1.165, 1.54) is 12.5 Å². The molecule has 0 amide bonds. The Labute approximate surface area is 142 Å². The second-order valence-electron chi connectivity index (χ2n) is 7.51. The van der Waals surface area contributed by atoms with E-state index in [0.717, 1.165) is 26.2 Å². The maximum atomic E-state index is 11.0. The molecule has 8 heteroatoms. The molecule has 0 N–H and O–H groups in total. The van der Waals surface area contributed by atoms with Crippen molar-refractivity contribution in [2.45, 2.75) is 45.0 Å². The van der Waals surface area contributed by atoms with E-state index in [9.17, 15) is 16.8 Å². The van der Waals surface area contributed by atoms with Gasteiger partial charge in [0.2, 0.25) is 0 Å². The van der Waals surface area contributed by atoms with Crippen molar-refractivity contribution in [2.24, 2.45) is 5.92 Å². The zero-order valence-corrected chi connectivity index (χ0v) is 16.8. The smallest absolute Gasteiger partial charge is 0.152 e. The molecule has 0 aromatic carbocycles. The lowest BCUT2D eigenvalue weighted by atomic mass is 10.0. The molecule has 0 aromatic heterocycles. The maximum absolute atomic E-state index is 11.0. The summed E-state index contributed by atoms with van der Waals surface area (Å²) >= 11 is 0. The second-order valence-corrected chi connectivity index (χ2v) is 12.0. The first-order valence-electron chi connectivity index (χ1n) is 8.14. The average Bonchev–Trinajstić information content (AvgIpc) is 2.16. The van der Waals surface area contributed by atoms with Crippen LogP contribution in [0.4, 0.5) is 0 Å². The number of rotatable bonds is 5. The van der Waals surface area contributed by atoms with Crippen LogP contribution < -0.4 is 0 Å². The molecule has 2 saturated heterocycles. The Hall–Kier alpha value is -0.180. The van der Waals surface area contributed by atoms with Crippen molar-refractivity contribution in [1.82, 2.24) is 9.80 Å². The summed E-state index contributed by atoms with van der Waals surface area (Å²) in [5, 5.41) is -0.107. The Kier molecular flexibility index (Phi) is 7.08. The maximum Gasteiger partial charge on any atom is 0.152 e. The Bertz CT molecular complexity index is 573. The van der Waals surface area contributed by atoms with Crippen molar-refractivity contribution in [3.8, 4) is 0 Å². The SMILES string of the molecule is CC(C)N1CC(CS(C)(=O)=O)C1.CC(C)N1CC(S(C)(=O)=O)C1. The molecule has 138 valence electrons. The van der Waals surface area contributed by atoms with Crippen LogP contribution in [-0.4, -0.2) is 88.4 Å². The van der Waals surface area contributed by atoms with E-state index in [1.54, 1.807) is 0 Å². The number of hydrogen-bond acceptors (Lipinski definition) is 6. The molecular weight excluding hydrogens is 336 g/mol. The van der Waals surface area contributed by atoms with Crippen molar-refractivity contribution >= 4 is 19.7 Å². The van der Waals surface area contributed by atoms with Gasteiger partial charge in [-0.3, -0.25) is 4.90 Å². The van der Waals surface area contributed by atoms with Crippen LogP contribution in [0.15, 0.2) is 0 Å². The lowest BCUT2D eigenvalue weighted by molar-refractivity contribution is 0.0804. The minimum absolute atomic E-state index is 0.107. The fraction of sp³-hybridized carbons (Fsp3) is 1.00. The van der Waals surface area contributed by atoms with Crippen LogP contribution in [0, 0.1) is 5.92 Å². The zero-order valence-electron chi connectivity index (χ0n) is 15.2. The summed E-state index contributed by atoms with van der Waals surface area (Å²) in [6.45, 7) is 11.8. The van der Waals surface area contributed by atoms with Crippen molar-refractivity contribution in [1.29, 1.82) is 0 Å². The highest BCUT2D eigenvalue weighted by Crippen LogP contribution is 2.19. The van der Waals surface area contributed by atoms with Crippen LogP contribution in [0.5, 0.6) is 0 Å². The van der Waals surface area contributed by atoms with Gasteiger partial charge in [-0.15, -0.1) is 0 Å². The van der Waals surface area contributed by atoms with E-state index >= 15 is 0 Å². The highest BCUT2D eigenvalue weighted by atomic mass is 32.2. The third kappa shape index (κ3) is 7.07. The number of hydrogen-bond donors (Lipinski definition) is 0. The van der Waals surface area contributed by atoms with Crippen LogP contribution in [0.25, 0.3) is 0 Å². The number of sulfone groups is 2. The quantitative estimate of drug-likeness (QED) is 0.703. The van der Waals surface area contributed by atoms with Gasteiger partial charge in [0.25, 0.3) is 0 Å². The summed E-state index contributed by atoms with van der Waals surface area (Å²) in [7, 11) is -5.53. The van der Waals surface area contributed by atoms with E-state index in [0.29, 0.717) is 23.8 Å². The number of nitrogens with zero attached hydrogens (tertiary/aromatic N) is 2. The Balaban J connectivity index is 0.000000231. The monoisotopic (exact) mass is 368 g/mol. The molecule has 0 saturated carbocycles. The van der Waals surface area contributed by atoms with Crippen LogP contribution in [0.2, 0.25) is 0 Å². The first kappa shape index (κ1) is 20.9. The van der Waals surface area contributed by atoms with Crippen molar-refractivity contribution in [3.05, 3.63) is 0 Å². The van der Waals surface area contributed by atoms with E-state index in [-0.39, 0.29) is 5.25 Å². The molecule has 0 radical (unpaired) electrons. The summed E-state index contributed by atoms with van der Waals surface area (Å²) in [4.78, 5) is 4.45. The number of likely N-dealkylation sites (tertiary alicyclic amines) is 2.